The Morgan fingerprint density at radius 3 is 1.89 bits per heavy atom. The van der Waals surface area contributed by atoms with Crippen LogP contribution in [0.3, 0.4) is 0 Å². The number of hydrogen-bond acceptors (Lipinski definition) is 2. The fraction of sp³-hybridized carbons (Fsp3) is 0.111. The molecule has 140 valence electrons. The molecule has 0 N–H and O–H groups in total. The molecule has 0 aliphatic carbocycles. The lowest BCUT2D eigenvalue weighted by Crippen LogP contribution is -2.05. The van der Waals surface area contributed by atoms with Crippen molar-refractivity contribution in [2.45, 2.75) is 13.1 Å². The Bertz CT molecular complexity index is 993. The number of benzene rings is 2. The van der Waals surface area contributed by atoms with Crippen molar-refractivity contribution in [1.82, 2.24) is 10.2 Å². The van der Waals surface area contributed by atoms with E-state index in [9.17, 15) is 26.3 Å². The summed E-state index contributed by atoms with van der Waals surface area (Å²) in [4.78, 5) is 0. The number of rotatable bonds is 2. The molecule has 27 heavy (non-hydrogen) atoms. The van der Waals surface area contributed by atoms with E-state index in [1.54, 1.807) is 0 Å². The molecule has 3 aromatic rings. The molecule has 0 spiro atoms. The highest BCUT2D eigenvalue weighted by Gasteiger charge is 2.30. The van der Waals surface area contributed by atoms with Crippen LogP contribution in [0.15, 0.2) is 36.4 Å². The van der Waals surface area contributed by atoms with E-state index in [4.69, 9.17) is 11.6 Å². The zero-order chi connectivity index (χ0) is 19.9. The second-order valence-corrected chi connectivity index (χ2v) is 6.00. The van der Waals surface area contributed by atoms with Crippen molar-refractivity contribution >= 4 is 11.6 Å². The van der Waals surface area contributed by atoms with Gasteiger partial charge in [0.2, 0.25) is 0 Å². The van der Waals surface area contributed by atoms with E-state index in [-0.39, 0.29) is 27.5 Å². The van der Waals surface area contributed by atoms with Crippen molar-refractivity contribution in [1.29, 1.82) is 0 Å². The van der Waals surface area contributed by atoms with Gasteiger partial charge in [-0.25, -0.2) is 13.2 Å². The van der Waals surface area contributed by atoms with E-state index >= 15 is 0 Å². The highest BCUT2D eigenvalue weighted by molar-refractivity contribution is 6.32. The number of aryl methyl sites for hydroxylation is 1. The van der Waals surface area contributed by atoms with Gasteiger partial charge in [-0.15, -0.1) is 5.10 Å². The number of alkyl halides is 3. The Hall–Kier alpha value is -2.61. The van der Waals surface area contributed by atoms with Crippen molar-refractivity contribution in [3.8, 4) is 22.3 Å². The van der Waals surface area contributed by atoms with Crippen molar-refractivity contribution in [3.63, 3.8) is 0 Å². The predicted octanol–water partition coefficient (Wildman–Crippen LogP) is 6.21. The highest BCUT2D eigenvalue weighted by atomic mass is 35.5. The first-order valence-electron chi connectivity index (χ1n) is 7.45. The van der Waals surface area contributed by atoms with Gasteiger partial charge in [-0.1, -0.05) is 23.7 Å². The molecule has 0 saturated heterocycles. The summed E-state index contributed by atoms with van der Waals surface area (Å²) in [7, 11) is 0. The topological polar surface area (TPSA) is 25.8 Å². The Balaban J connectivity index is 2.29. The minimum Gasteiger partial charge on any atom is -0.207 e. The predicted molar refractivity (Wildman–Crippen MR) is 87.5 cm³/mol. The lowest BCUT2D eigenvalue weighted by molar-refractivity contribution is -0.137. The average molecular weight is 403 g/mol. The molecule has 0 fully saturated rings. The summed E-state index contributed by atoms with van der Waals surface area (Å²) in [6.45, 7) is 1.46. The molecule has 0 bridgehead atoms. The molecule has 0 atom stereocenters. The van der Waals surface area contributed by atoms with Gasteiger partial charge in [-0.05, 0) is 24.6 Å². The largest absolute Gasteiger partial charge is 0.416 e. The Labute approximate surface area is 154 Å². The van der Waals surface area contributed by atoms with Gasteiger partial charge in [0, 0.05) is 23.3 Å². The van der Waals surface area contributed by atoms with Crippen LogP contribution in [0.4, 0.5) is 26.3 Å². The fourth-order valence-electron chi connectivity index (χ4n) is 2.69. The SMILES string of the molecule is Cc1nnc(Cl)c(-c2c(F)cc(F)cc2F)c1-c1ccc(C(F)(F)F)cc1. The first-order chi connectivity index (χ1) is 12.6. The summed E-state index contributed by atoms with van der Waals surface area (Å²) < 4.78 is 80.1. The standard InChI is InChI=1S/C18H9ClF6N2/c1-8-14(9-2-4-10(5-3-9)18(23,24)25)16(17(19)27-26-8)15-12(21)6-11(20)7-13(15)22/h2-7H,1H3. The van der Waals surface area contributed by atoms with Crippen molar-refractivity contribution < 1.29 is 26.3 Å². The summed E-state index contributed by atoms with van der Waals surface area (Å²) in [6, 6.07) is 4.86. The van der Waals surface area contributed by atoms with E-state index < -0.39 is 34.8 Å². The summed E-state index contributed by atoms with van der Waals surface area (Å²) in [6.07, 6.45) is -4.54. The smallest absolute Gasteiger partial charge is 0.207 e. The van der Waals surface area contributed by atoms with Crippen LogP contribution in [0.2, 0.25) is 5.15 Å². The molecule has 0 aliphatic heterocycles. The molecule has 2 aromatic carbocycles. The summed E-state index contributed by atoms with van der Waals surface area (Å²) in [5, 5.41) is 7.00. The molecule has 0 amide bonds. The van der Waals surface area contributed by atoms with Crippen LogP contribution in [0.1, 0.15) is 11.3 Å². The number of nitrogens with zero attached hydrogens (tertiary/aromatic N) is 2. The second kappa shape index (κ2) is 6.84. The average Bonchev–Trinajstić information content (AvgIpc) is 2.56. The second-order valence-electron chi connectivity index (χ2n) is 5.65. The van der Waals surface area contributed by atoms with Crippen molar-refractivity contribution in [2.24, 2.45) is 0 Å². The van der Waals surface area contributed by atoms with Gasteiger partial charge in [0.1, 0.15) is 17.5 Å². The maximum atomic E-state index is 14.3. The molecular weight excluding hydrogens is 394 g/mol. The summed E-state index contributed by atoms with van der Waals surface area (Å²) >= 11 is 5.99. The van der Waals surface area contributed by atoms with E-state index in [1.807, 2.05) is 0 Å². The normalized spacial score (nSPS) is 11.7. The maximum absolute atomic E-state index is 14.3. The molecule has 0 radical (unpaired) electrons. The quantitative estimate of drug-likeness (QED) is 0.476. The fourth-order valence-corrected chi connectivity index (χ4v) is 2.92. The first-order valence-corrected chi connectivity index (χ1v) is 7.82. The van der Waals surface area contributed by atoms with Gasteiger partial charge < -0.3 is 0 Å². The van der Waals surface area contributed by atoms with Gasteiger partial charge >= 0.3 is 6.18 Å². The monoisotopic (exact) mass is 402 g/mol. The van der Waals surface area contributed by atoms with Crippen LogP contribution in [0, 0.1) is 24.4 Å². The number of hydrogen-bond donors (Lipinski definition) is 0. The zero-order valence-corrected chi connectivity index (χ0v) is 14.3. The molecule has 0 aliphatic rings. The molecular formula is C18H9ClF6N2. The van der Waals surface area contributed by atoms with Crippen LogP contribution in [-0.2, 0) is 6.18 Å². The molecule has 1 heterocycles. The van der Waals surface area contributed by atoms with Crippen LogP contribution < -0.4 is 0 Å². The minimum atomic E-state index is -4.54. The van der Waals surface area contributed by atoms with E-state index in [2.05, 4.69) is 10.2 Å². The molecule has 1 aromatic heterocycles. The number of halogens is 7. The minimum absolute atomic E-state index is 0.0909. The molecule has 2 nitrogen and oxygen atoms in total. The number of aromatic nitrogens is 2. The zero-order valence-electron chi connectivity index (χ0n) is 13.5. The lowest BCUT2D eigenvalue weighted by atomic mass is 9.93. The Morgan fingerprint density at radius 1 is 0.815 bits per heavy atom. The molecule has 0 saturated carbocycles. The Kier molecular flexibility index (Phi) is 4.86. The first kappa shape index (κ1) is 19.2. The van der Waals surface area contributed by atoms with E-state index in [0.717, 1.165) is 24.3 Å². The summed E-state index contributed by atoms with van der Waals surface area (Å²) in [5.41, 5.74) is -1.30. The summed E-state index contributed by atoms with van der Waals surface area (Å²) in [5.74, 6) is -3.58. The van der Waals surface area contributed by atoms with Gasteiger partial charge in [-0.2, -0.15) is 18.3 Å². The van der Waals surface area contributed by atoms with E-state index in [1.165, 1.54) is 6.92 Å². The van der Waals surface area contributed by atoms with Crippen molar-refractivity contribution in [2.75, 3.05) is 0 Å². The van der Waals surface area contributed by atoms with Crippen LogP contribution in [0.25, 0.3) is 22.3 Å². The van der Waals surface area contributed by atoms with Crippen molar-refractivity contribution in [3.05, 3.63) is 70.3 Å². The van der Waals surface area contributed by atoms with Gasteiger partial charge in [0.15, 0.2) is 5.15 Å². The van der Waals surface area contributed by atoms with Crippen LogP contribution >= 0.6 is 11.6 Å². The lowest BCUT2D eigenvalue weighted by Gasteiger charge is -2.15. The molecule has 9 heteroatoms. The Morgan fingerprint density at radius 2 is 1.37 bits per heavy atom. The van der Waals surface area contributed by atoms with E-state index in [0.29, 0.717) is 12.1 Å². The third-order valence-electron chi connectivity index (χ3n) is 3.86. The van der Waals surface area contributed by atoms with Crippen LogP contribution in [0.5, 0.6) is 0 Å². The van der Waals surface area contributed by atoms with Gasteiger partial charge in [0.05, 0.1) is 16.8 Å². The van der Waals surface area contributed by atoms with Gasteiger partial charge in [0.25, 0.3) is 0 Å². The van der Waals surface area contributed by atoms with Crippen LogP contribution in [-0.4, -0.2) is 10.2 Å². The molecule has 3 rings (SSSR count). The highest BCUT2D eigenvalue weighted by Crippen LogP contribution is 2.41. The van der Waals surface area contributed by atoms with Gasteiger partial charge in [-0.3, -0.25) is 0 Å². The third kappa shape index (κ3) is 3.62. The maximum Gasteiger partial charge on any atom is 0.416 e. The third-order valence-corrected chi connectivity index (χ3v) is 4.13. The molecule has 0 unspecified atom stereocenters.